The molecule has 106 valence electrons. The first-order valence-corrected chi connectivity index (χ1v) is 9.07. The predicted octanol–water partition coefficient (Wildman–Crippen LogP) is 1.74. The third-order valence-corrected chi connectivity index (χ3v) is 6.04. The van der Waals surface area contributed by atoms with Crippen LogP contribution in [0.2, 0.25) is 0 Å². The van der Waals surface area contributed by atoms with Gasteiger partial charge in [-0.05, 0) is 43.2 Å². The lowest BCUT2D eigenvalue weighted by molar-refractivity contribution is 0.281. The van der Waals surface area contributed by atoms with Crippen LogP contribution in [0.1, 0.15) is 24.8 Å². The maximum Gasteiger partial charge on any atom is 0.240 e. The van der Waals surface area contributed by atoms with E-state index in [1.165, 1.54) is 6.07 Å². The maximum atomic E-state index is 12.3. The van der Waals surface area contributed by atoms with Crippen LogP contribution in [-0.2, 0) is 16.6 Å². The second kappa shape index (κ2) is 6.26. The van der Waals surface area contributed by atoms with Crippen LogP contribution in [0.25, 0.3) is 0 Å². The number of aliphatic hydroxyl groups excluding tert-OH is 1. The molecule has 0 radical (unpaired) electrons. The third-order valence-electron chi connectivity index (χ3n) is 3.43. The van der Waals surface area contributed by atoms with E-state index in [4.69, 9.17) is 5.11 Å². The highest BCUT2D eigenvalue weighted by Gasteiger charge is 2.28. The summed E-state index contributed by atoms with van der Waals surface area (Å²) in [5.41, 5.74) is 0.608. The lowest BCUT2D eigenvalue weighted by Gasteiger charge is -2.13. The molecule has 1 fully saturated rings. The van der Waals surface area contributed by atoms with E-state index in [9.17, 15) is 8.42 Å². The highest BCUT2D eigenvalue weighted by atomic mass is 32.2. The number of hydrogen-bond donors (Lipinski definition) is 2. The molecule has 2 N–H and O–H groups in total. The topological polar surface area (TPSA) is 66.4 Å². The summed E-state index contributed by atoms with van der Waals surface area (Å²) in [7, 11) is -3.48. The van der Waals surface area contributed by atoms with E-state index in [-0.39, 0.29) is 17.5 Å². The summed E-state index contributed by atoms with van der Waals surface area (Å²) in [6.45, 7) is -0.151. The Morgan fingerprint density at radius 2 is 2.21 bits per heavy atom. The molecule has 2 atom stereocenters. The molecular formula is C13H19NO3S2. The second-order valence-electron chi connectivity index (χ2n) is 4.79. The molecule has 2 rings (SSSR count). The van der Waals surface area contributed by atoms with Crippen molar-refractivity contribution in [3.8, 4) is 0 Å². The highest BCUT2D eigenvalue weighted by molar-refractivity contribution is 7.99. The van der Waals surface area contributed by atoms with Crippen LogP contribution < -0.4 is 4.72 Å². The van der Waals surface area contributed by atoms with Gasteiger partial charge in [0.2, 0.25) is 10.0 Å². The predicted molar refractivity (Wildman–Crippen MR) is 77.6 cm³/mol. The fraction of sp³-hybridized carbons (Fsp3) is 0.538. The van der Waals surface area contributed by atoms with Gasteiger partial charge in [-0.3, -0.25) is 0 Å². The zero-order valence-corrected chi connectivity index (χ0v) is 12.5. The van der Waals surface area contributed by atoms with Gasteiger partial charge in [-0.25, -0.2) is 13.1 Å². The van der Waals surface area contributed by atoms with E-state index >= 15 is 0 Å². The van der Waals surface area contributed by atoms with E-state index in [2.05, 4.69) is 11.0 Å². The molecular weight excluding hydrogens is 282 g/mol. The van der Waals surface area contributed by atoms with Gasteiger partial charge >= 0.3 is 0 Å². The Kier molecular flexibility index (Phi) is 4.89. The molecule has 1 aromatic carbocycles. The lowest BCUT2D eigenvalue weighted by atomic mass is 10.2. The first-order chi connectivity index (χ1) is 9.05. The Labute approximate surface area is 118 Å². The fourth-order valence-electron chi connectivity index (χ4n) is 2.36. The minimum absolute atomic E-state index is 0.0280. The molecule has 4 nitrogen and oxygen atoms in total. The molecule has 2 unspecified atom stereocenters. The van der Waals surface area contributed by atoms with Crippen LogP contribution >= 0.6 is 11.8 Å². The molecule has 6 heteroatoms. The average molecular weight is 301 g/mol. The van der Waals surface area contributed by atoms with Crippen LogP contribution in [0.15, 0.2) is 29.2 Å². The van der Waals surface area contributed by atoms with E-state index < -0.39 is 10.0 Å². The summed E-state index contributed by atoms with van der Waals surface area (Å²) in [4.78, 5) is 0.228. The minimum atomic E-state index is -3.48. The van der Waals surface area contributed by atoms with Crippen LogP contribution in [0, 0.1) is 0 Å². The van der Waals surface area contributed by atoms with Gasteiger partial charge in [0, 0.05) is 11.3 Å². The maximum absolute atomic E-state index is 12.3. The van der Waals surface area contributed by atoms with Crippen molar-refractivity contribution >= 4 is 21.8 Å². The summed E-state index contributed by atoms with van der Waals surface area (Å²) in [5.74, 6) is 0. The normalized spacial score (nSPS) is 23.7. The van der Waals surface area contributed by atoms with Gasteiger partial charge in [-0.2, -0.15) is 11.8 Å². The van der Waals surface area contributed by atoms with Crippen molar-refractivity contribution in [2.75, 3.05) is 6.26 Å². The third kappa shape index (κ3) is 3.72. The molecule has 1 saturated carbocycles. The van der Waals surface area contributed by atoms with Crippen molar-refractivity contribution in [3.63, 3.8) is 0 Å². The van der Waals surface area contributed by atoms with Gasteiger partial charge in [0.15, 0.2) is 0 Å². The van der Waals surface area contributed by atoms with Crippen molar-refractivity contribution in [2.45, 2.75) is 42.1 Å². The van der Waals surface area contributed by atoms with Crippen molar-refractivity contribution in [1.82, 2.24) is 4.72 Å². The summed E-state index contributed by atoms with van der Waals surface area (Å²) >= 11 is 1.80. The van der Waals surface area contributed by atoms with Crippen molar-refractivity contribution in [1.29, 1.82) is 0 Å². The Morgan fingerprint density at radius 1 is 1.42 bits per heavy atom. The number of rotatable bonds is 5. The molecule has 0 amide bonds. The van der Waals surface area contributed by atoms with Gasteiger partial charge in [0.1, 0.15) is 0 Å². The van der Waals surface area contributed by atoms with E-state index in [0.717, 1.165) is 19.3 Å². The zero-order chi connectivity index (χ0) is 13.9. The Bertz CT molecular complexity index is 530. The van der Waals surface area contributed by atoms with Gasteiger partial charge in [0.25, 0.3) is 0 Å². The molecule has 0 heterocycles. The first kappa shape index (κ1) is 14.8. The standard InChI is InChI=1S/C13H19NO3S2/c1-18-12-6-5-11(8-12)14-19(16,17)13-4-2-3-10(7-13)9-15/h2-4,7,11-12,14-15H,5-6,8-9H2,1H3. The highest BCUT2D eigenvalue weighted by Crippen LogP contribution is 2.29. The SMILES string of the molecule is CSC1CCC(NS(=O)(=O)c2cccc(CO)c2)C1. The molecule has 0 spiro atoms. The number of sulfonamides is 1. The van der Waals surface area contributed by atoms with Crippen LogP contribution in [-0.4, -0.2) is 31.1 Å². The van der Waals surface area contributed by atoms with Gasteiger partial charge in [0.05, 0.1) is 11.5 Å². The summed E-state index contributed by atoms with van der Waals surface area (Å²) in [6.07, 6.45) is 4.90. The monoisotopic (exact) mass is 301 g/mol. The lowest BCUT2D eigenvalue weighted by Crippen LogP contribution is -2.33. The summed E-state index contributed by atoms with van der Waals surface area (Å²) in [5, 5.41) is 9.61. The van der Waals surface area contributed by atoms with E-state index in [0.29, 0.717) is 10.8 Å². The molecule has 1 aromatic rings. The Balaban J connectivity index is 2.10. The molecule has 1 aliphatic rings. The van der Waals surface area contributed by atoms with Crippen molar-refractivity contribution < 1.29 is 13.5 Å². The molecule has 0 saturated heterocycles. The number of nitrogens with one attached hydrogen (secondary N) is 1. The summed E-state index contributed by atoms with van der Waals surface area (Å²) < 4.78 is 27.3. The molecule has 19 heavy (non-hydrogen) atoms. The number of thioether (sulfide) groups is 1. The van der Waals surface area contributed by atoms with Crippen LogP contribution in [0.3, 0.4) is 0 Å². The summed E-state index contributed by atoms with van der Waals surface area (Å²) in [6, 6.07) is 6.46. The minimum Gasteiger partial charge on any atom is -0.392 e. The average Bonchev–Trinajstić information content (AvgIpc) is 2.85. The van der Waals surface area contributed by atoms with Crippen molar-refractivity contribution in [2.24, 2.45) is 0 Å². The number of hydrogen-bond acceptors (Lipinski definition) is 4. The quantitative estimate of drug-likeness (QED) is 0.869. The van der Waals surface area contributed by atoms with Crippen LogP contribution in [0.5, 0.6) is 0 Å². The van der Waals surface area contributed by atoms with Gasteiger partial charge in [-0.1, -0.05) is 12.1 Å². The van der Waals surface area contributed by atoms with Crippen molar-refractivity contribution in [3.05, 3.63) is 29.8 Å². The fourth-order valence-corrected chi connectivity index (χ4v) is 4.51. The second-order valence-corrected chi connectivity index (χ2v) is 7.65. The van der Waals surface area contributed by atoms with E-state index in [1.807, 2.05) is 0 Å². The number of aliphatic hydroxyl groups is 1. The molecule has 1 aliphatic carbocycles. The molecule has 0 bridgehead atoms. The first-order valence-electron chi connectivity index (χ1n) is 6.30. The van der Waals surface area contributed by atoms with Gasteiger partial charge < -0.3 is 5.11 Å². The molecule has 0 aliphatic heterocycles. The molecule has 0 aromatic heterocycles. The van der Waals surface area contributed by atoms with Gasteiger partial charge in [-0.15, -0.1) is 0 Å². The zero-order valence-electron chi connectivity index (χ0n) is 10.9. The largest absolute Gasteiger partial charge is 0.392 e. The van der Waals surface area contributed by atoms with Crippen LogP contribution in [0.4, 0.5) is 0 Å². The Morgan fingerprint density at radius 3 is 2.84 bits per heavy atom. The van der Waals surface area contributed by atoms with E-state index in [1.54, 1.807) is 30.0 Å². The Hall–Kier alpha value is -0.560. The smallest absolute Gasteiger partial charge is 0.240 e. The number of benzene rings is 1.